The number of hydrogen-bond donors (Lipinski definition) is 1. The maximum atomic E-state index is 12.7. The molecule has 0 atom stereocenters. The smallest absolute Gasteiger partial charge is 0.248 e. The topological polar surface area (TPSA) is 92.7 Å². The molecular weight excluding hydrogens is 328 g/mol. The number of aromatic nitrogens is 1. The lowest BCUT2D eigenvalue weighted by molar-refractivity contribution is 0.162. The SMILES string of the molecule is Cc1noc(C)c1S(=O)(=O)N1CCN(CC(C)(C)N)CC1.Cl. The Morgan fingerprint density at radius 1 is 1.23 bits per heavy atom. The Morgan fingerprint density at radius 3 is 2.18 bits per heavy atom. The van der Waals surface area contributed by atoms with Gasteiger partial charge in [-0.25, -0.2) is 8.42 Å². The molecule has 7 nitrogen and oxygen atoms in total. The zero-order valence-corrected chi connectivity index (χ0v) is 15.1. The van der Waals surface area contributed by atoms with Crippen LogP contribution in [-0.2, 0) is 10.0 Å². The zero-order valence-electron chi connectivity index (χ0n) is 13.5. The molecule has 0 aromatic carbocycles. The van der Waals surface area contributed by atoms with E-state index in [2.05, 4.69) is 10.1 Å². The molecular formula is C13H25ClN4O3S. The lowest BCUT2D eigenvalue weighted by Gasteiger charge is -2.37. The first-order valence-corrected chi connectivity index (χ1v) is 8.49. The number of aryl methyl sites for hydroxylation is 2. The molecule has 2 heterocycles. The Bertz CT molecular complexity index is 582. The highest BCUT2D eigenvalue weighted by Crippen LogP contribution is 2.24. The number of piperazine rings is 1. The van der Waals surface area contributed by atoms with Crippen LogP contribution in [0.2, 0.25) is 0 Å². The summed E-state index contributed by atoms with van der Waals surface area (Å²) < 4.78 is 31.8. The fraction of sp³-hybridized carbons (Fsp3) is 0.769. The van der Waals surface area contributed by atoms with Crippen LogP contribution in [0.25, 0.3) is 0 Å². The second-order valence-electron chi connectivity index (χ2n) is 6.32. The van der Waals surface area contributed by atoms with Crippen molar-refractivity contribution in [3.8, 4) is 0 Å². The molecule has 2 N–H and O–H groups in total. The molecule has 128 valence electrons. The normalized spacial score (nSPS) is 18.2. The van der Waals surface area contributed by atoms with Crippen molar-refractivity contribution in [2.45, 2.75) is 38.1 Å². The van der Waals surface area contributed by atoms with Gasteiger partial charge in [0.2, 0.25) is 10.0 Å². The molecule has 0 saturated carbocycles. The minimum atomic E-state index is -3.53. The summed E-state index contributed by atoms with van der Waals surface area (Å²) in [6.45, 7) is 10.3. The summed E-state index contributed by atoms with van der Waals surface area (Å²) >= 11 is 0. The van der Waals surface area contributed by atoms with Gasteiger partial charge in [-0.05, 0) is 27.7 Å². The van der Waals surface area contributed by atoms with Crippen molar-refractivity contribution >= 4 is 22.4 Å². The Hall–Kier alpha value is -0.670. The van der Waals surface area contributed by atoms with E-state index in [4.69, 9.17) is 10.3 Å². The average molecular weight is 353 g/mol. The largest absolute Gasteiger partial charge is 0.360 e. The first-order chi connectivity index (χ1) is 9.61. The highest BCUT2D eigenvalue weighted by molar-refractivity contribution is 7.89. The van der Waals surface area contributed by atoms with Gasteiger partial charge < -0.3 is 10.3 Å². The molecule has 2 rings (SSSR count). The van der Waals surface area contributed by atoms with Crippen molar-refractivity contribution in [1.82, 2.24) is 14.4 Å². The van der Waals surface area contributed by atoms with E-state index in [1.807, 2.05) is 13.8 Å². The van der Waals surface area contributed by atoms with Gasteiger partial charge in [-0.15, -0.1) is 12.4 Å². The third-order valence-corrected chi connectivity index (χ3v) is 5.67. The molecule has 22 heavy (non-hydrogen) atoms. The van der Waals surface area contributed by atoms with Gasteiger partial charge in [-0.1, -0.05) is 5.16 Å². The van der Waals surface area contributed by atoms with Gasteiger partial charge >= 0.3 is 0 Å². The Morgan fingerprint density at radius 2 is 1.77 bits per heavy atom. The maximum absolute atomic E-state index is 12.7. The van der Waals surface area contributed by atoms with E-state index in [0.717, 1.165) is 6.54 Å². The van der Waals surface area contributed by atoms with Gasteiger partial charge in [-0.3, -0.25) is 4.90 Å². The van der Waals surface area contributed by atoms with Crippen LogP contribution >= 0.6 is 12.4 Å². The van der Waals surface area contributed by atoms with Crippen LogP contribution in [0.4, 0.5) is 0 Å². The summed E-state index contributed by atoms with van der Waals surface area (Å²) in [6, 6.07) is 0. The summed E-state index contributed by atoms with van der Waals surface area (Å²) in [5.74, 6) is 0.345. The van der Waals surface area contributed by atoms with Crippen LogP contribution in [0.5, 0.6) is 0 Å². The van der Waals surface area contributed by atoms with Crippen LogP contribution in [0.15, 0.2) is 9.42 Å². The van der Waals surface area contributed by atoms with Crippen molar-refractivity contribution in [1.29, 1.82) is 0 Å². The van der Waals surface area contributed by atoms with Crippen LogP contribution in [-0.4, -0.2) is 61.0 Å². The van der Waals surface area contributed by atoms with Gasteiger partial charge in [0.05, 0.1) is 0 Å². The minimum Gasteiger partial charge on any atom is -0.360 e. The molecule has 1 saturated heterocycles. The van der Waals surface area contributed by atoms with Crippen LogP contribution < -0.4 is 5.73 Å². The second-order valence-corrected chi connectivity index (χ2v) is 8.20. The van der Waals surface area contributed by atoms with E-state index < -0.39 is 10.0 Å². The number of sulfonamides is 1. The molecule has 0 aliphatic carbocycles. The van der Waals surface area contributed by atoms with E-state index >= 15 is 0 Å². The summed E-state index contributed by atoms with van der Waals surface area (Å²) in [7, 11) is -3.53. The number of hydrogen-bond acceptors (Lipinski definition) is 6. The summed E-state index contributed by atoms with van der Waals surface area (Å²) in [4.78, 5) is 2.40. The van der Waals surface area contributed by atoms with Crippen molar-refractivity contribution in [3.05, 3.63) is 11.5 Å². The molecule has 1 aromatic rings. The number of halogens is 1. The predicted molar refractivity (Wildman–Crippen MR) is 86.7 cm³/mol. The highest BCUT2D eigenvalue weighted by atomic mass is 35.5. The Kier molecular flexibility index (Phi) is 6.02. The van der Waals surface area contributed by atoms with Crippen LogP contribution in [0.3, 0.4) is 0 Å². The molecule has 9 heteroatoms. The number of nitrogens with two attached hydrogens (primary N) is 1. The molecule has 0 unspecified atom stereocenters. The number of rotatable bonds is 4. The summed E-state index contributed by atoms with van der Waals surface area (Å²) in [5, 5.41) is 3.73. The lowest BCUT2D eigenvalue weighted by atomic mass is 10.1. The minimum absolute atomic E-state index is 0. The summed E-state index contributed by atoms with van der Waals surface area (Å²) in [6.07, 6.45) is 0. The van der Waals surface area contributed by atoms with Gasteiger partial charge in [0.15, 0.2) is 5.76 Å². The van der Waals surface area contributed by atoms with Crippen molar-refractivity contribution < 1.29 is 12.9 Å². The highest BCUT2D eigenvalue weighted by Gasteiger charge is 2.33. The molecule has 0 amide bonds. The molecule has 1 aliphatic heterocycles. The molecule has 1 aliphatic rings. The lowest BCUT2D eigenvalue weighted by Crippen LogP contribution is -2.54. The van der Waals surface area contributed by atoms with E-state index in [1.165, 1.54) is 4.31 Å². The number of nitrogens with zero attached hydrogens (tertiary/aromatic N) is 3. The van der Waals surface area contributed by atoms with Gasteiger partial charge in [0.1, 0.15) is 10.6 Å². The third-order valence-electron chi connectivity index (χ3n) is 3.53. The first-order valence-electron chi connectivity index (χ1n) is 7.05. The molecule has 0 radical (unpaired) electrons. The van der Waals surface area contributed by atoms with Gasteiger partial charge in [0, 0.05) is 38.3 Å². The van der Waals surface area contributed by atoms with Gasteiger partial charge in [-0.2, -0.15) is 4.31 Å². The fourth-order valence-electron chi connectivity index (χ4n) is 2.68. The Balaban J connectivity index is 0.00000242. The van der Waals surface area contributed by atoms with Crippen LogP contribution in [0.1, 0.15) is 25.3 Å². The van der Waals surface area contributed by atoms with Crippen molar-refractivity contribution in [3.63, 3.8) is 0 Å². The maximum Gasteiger partial charge on any atom is 0.248 e. The quantitative estimate of drug-likeness (QED) is 0.859. The van der Waals surface area contributed by atoms with Crippen molar-refractivity contribution in [2.24, 2.45) is 5.73 Å². The van der Waals surface area contributed by atoms with E-state index in [1.54, 1.807) is 13.8 Å². The van der Waals surface area contributed by atoms with E-state index in [9.17, 15) is 8.42 Å². The summed E-state index contributed by atoms with van der Waals surface area (Å²) in [5.41, 5.74) is 6.15. The third kappa shape index (κ3) is 4.20. The molecule has 1 fully saturated rings. The Labute approximate surface area is 138 Å². The van der Waals surface area contributed by atoms with Gasteiger partial charge in [0.25, 0.3) is 0 Å². The first kappa shape index (κ1) is 19.4. The zero-order chi connectivity index (χ0) is 15.8. The fourth-order valence-corrected chi connectivity index (χ4v) is 4.39. The average Bonchev–Trinajstić information content (AvgIpc) is 2.68. The van der Waals surface area contributed by atoms with Crippen molar-refractivity contribution in [2.75, 3.05) is 32.7 Å². The predicted octanol–water partition coefficient (Wildman–Crippen LogP) is 0.757. The molecule has 0 bridgehead atoms. The second kappa shape index (κ2) is 6.84. The molecule has 0 spiro atoms. The van der Waals surface area contributed by atoms with E-state index in [0.29, 0.717) is 37.6 Å². The monoisotopic (exact) mass is 352 g/mol. The molecule has 1 aromatic heterocycles. The standard InChI is InChI=1S/C13H24N4O3S.ClH/c1-10-12(11(2)20-15-10)21(18,19)17-7-5-16(6-8-17)9-13(3,4)14;/h5-9,14H2,1-4H3;1H. The van der Waals surface area contributed by atoms with E-state index in [-0.39, 0.29) is 22.8 Å². The van der Waals surface area contributed by atoms with Crippen LogP contribution in [0, 0.1) is 13.8 Å².